The fourth-order valence-electron chi connectivity index (χ4n) is 3.72. The molecule has 1 aliphatic heterocycles. The molecule has 0 saturated carbocycles. The number of carbonyl (C=O) groups excluding carboxylic acids is 1. The molecular weight excluding hydrogens is 372 g/mol. The summed E-state index contributed by atoms with van der Waals surface area (Å²) < 4.78 is 0. The molecule has 0 aliphatic carbocycles. The molecule has 28 heavy (non-hydrogen) atoms. The van der Waals surface area contributed by atoms with Crippen molar-refractivity contribution in [1.29, 1.82) is 0 Å². The van der Waals surface area contributed by atoms with Crippen molar-refractivity contribution >= 4 is 23.2 Å². The summed E-state index contributed by atoms with van der Waals surface area (Å²) in [4.78, 5) is 17.1. The van der Waals surface area contributed by atoms with Gasteiger partial charge in [-0.2, -0.15) is 5.10 Å². The number of amides is 1. The predicted molar refractivity (Wildman–Crippen MR) is 113 cm³/mol. The zero-order valence-electron chi connectivity index (χ0n) is 16.1. The highest BCUT2D eigenvalue weighted by Crippen LogP contribution is 2.27. The Bertz CT molecular complexity index is 1010. The van der Waals surface area contributed by atoms with Crippen LogP contribution in [-0.4, -0.2) is 47.2 Å². The van der Waals surface area contributed by atoms with Gasteiger partial charge in [-0.25, -0.2) is 0 Å². The molecule has 1 fully saturated rings. The molecule has 1 N–H and O–H groups in total. The number of aryl methyl sites for hydroxylation is 2. The van der Waals surface area contributed by atoms with Crippen LogP contribution in [0.5, 0.6) is 0 Å². The summed E-state index contributed by atoms with van der Waals surface area (Å²) in [6.45, 7) is 7.26. The second-order valence-corrected chi connectivity index (χ2v) is 7.62. The lowest BCUT2D eigenvalue weighted by molar-refractivity contribution is 0.0741. The van der Waals surface area contributed by atoms with Crippen LogP contribution in [-0.2, 0) is 0 Å². The lowest BCUT2D eigenvalue weighted by atomic mass is 10.1. The maximum absolute atomic E-state index is 12.9. The zero-order valence-corrected chi connectivity index (χ0v) is 16.8. The maximum Gasteiger partial charge on any atom is 0.272 e. The van der Waals surface area contributed by atoms with Crippen LogP contribution >= 0.6 is 11.6 Å². The van der Waals surface area contributed by atoms with E-state index >= 15 is 0 Å². The Labute approximate surface area is 169 Å². The number of anilines is 1. The molecule has 0 unspecified atom stereocenters. The molecule has 2 heterocycles. The fourth-order valence-corrected chi connectivity index (χ4v) is 3.95. The third-order valence-corrected chi connectivity index (χ3v) is 5.55. The minimum absolute atomic E-state index is 0.0221. The lowest BCUT2D eigenvalue weighted by Gasteiger charge is -2.36. The van der Waals surface area contributed by atoms with Gasteiger partial charge in [0.25, 0.3) is 5.91 Å². The predicted octanol–water partition coefficient (Wildman–Crippen LogP) is 4.31. The SMILES string of the molecule is Cc1ccc(N2CCN(C(=O)c3cc(-c4ccccc4Cl)n[nH]3)CC2)c(C)c1. The quantitative estimate of drug-likeness (QED) is 0.720. The van der Waals surface area contributed by atoms with Gasteiger partial charge in [0, 0.05) is 37.4 Å². The monoisotopic (exact) mass is 394 g/mol. The molecule has 0 atom stereocenters. The van der Waals surface area contributed by atoms with E-state index in [-0.39, 0.29) is 5.91 Å². The highest BCUT2D eigenvalue weighted by atomic mass is 35.5. The van der Waals surface area contributed by atoms with Gasteiger partial charge in [-0.15, -0.1) is 0 Å². The van der Waals surface area contributed by atoms with Crippen LogP contribution in [0.3, 0.4) is 0 Å². The number of aromatic nitrogens is 2. The molecule has 1 aromatic heterocycles. The summed E-state index contributed by atoms with van der Waals surface area (Å²) >= 11 is 6.24. The Morgan fingerprint density at radius 2 is 1.79 bits per heavy atom. The molecule has 144 valence electrons. The zero-order chi connectivity index (χ0) is 19.7. The van der Waals surface area contributed by atoms with Crippen molar-refractivity contribution in [3.05, 3.63) is 70.4 Å². The van der Waals surface area contributed by atoms with Crippen molar-refractivity contribution in [2.24, 2.45) is 0 Å². The summed E-state index contributed by atoms with van der Waals surface area (Å²) in [5, 5.41) is 7.77. The number of H-pyrrole nitrogens is 1. The van der Waals surface area contributed by atoms with E-state index < -0.39 is 0 Å². The summed E-state index contributed by atoms with van der Waals surface area (Å²) in [6, 6.07) is 15.8. The van der Waals surface area contributed by atoms with Gasteiger partial charge in [-0.3, -0.25) is 9.89 Å². The first-order chi connectivity index (χ1) is 13.5. The van der Waals surface area contributed by atoms with E-state index in [9.17, 15) is 4.79 Å². The van der Waals surface area contributed by atoms with Crippen LogP contribution < -0.4 is 4.90 Å². The molecule has 0 radical (unpaired) electrons. The first-order valence-corrected chi connectivity index (χ1v) is 9.82. The van der Waals surface area contributed by atoms with Gasteiger partial charge in [0.2, 0.25) is 0 Å². The van der Waals surface area contributed by atoms with Crippen molar-refractivity contribution in [2.45, 2.75) is 13.8 Å². The molecule has 0 spiro atoms. The van der Waals surface area contributed by atoms with Crippen LogP contribution in [0.2, 0.25) is 5.02 Å². The number of halogens is 1. The average Bonchev–Trinajstić information content (AvgIpc) is 3.18. The topological polar surface area (TPSA) is 52.2 Å². The average molecular weight is 395 g/mol. The number of piperazine rings is 1. The van der Waals surface area contributed by atoms with Gasteiger partial charge in [0.05, 0.1) is 10.7 Å². The fraction of sp³-hybridized carbons (Fsp3) is 0.273. The highest BCUT2D eigenvalue weighted by molar-refractivity contribution is 6.33. The standard InChI is InChI=1S/C22H23ClN4O/c1-15-7-8-21(16(2)13-15)26-9-11-27(12-10-26)22(28)20-14-19(24-25-20)17-5-3-4-6-18(17)23/h3-8,13-14H,9-12H2,1-2H3,(H,24,25). The molecule has 4 rings (SSSR count). The number of nitrogens with zero attached hydrogens (tertiary/aromatic N) is 3. The number of benzene rings is 2. The second-order valence-electron chi connectivity index (χ2n) is 7.22. The number of carbonyl (C=O) groups is 1. The van der Waals surface area contributed by atoms with Crippen LogP contribution in [0.25, 0.3) is 11.3 Å². The van der Waals surface area contributed by atoms with Crippen molar-refractivity contribution in [3.8, 4) is 11.3 Å². The van der Waals surface area contributed by atoms with E-state index in [1.54, 1.807) is 6.07 Å². The lowest BCUT2D eigenvalue weighted by Crippen LogP contribution is -2.49. The largest absolute Gasteiger partial charge is 0.368 e. The first-order valence-electron chi connectivity index (χ1n) is 9.45. The number of rotatable bonds is 3. The van der Waals surface area contributed by atoms with Crippen LogP contribution in [0.15, 0.2) is 48.5 Å². The number of nitrogens with one attached hydrogen (secondary N) is 1. The Morgan fingerprint density at radius 1 is 1.04 bits per heavy atom. The molecule has 1 amide bonds. The molecule has 5 nitrogen and oxygen atoms in total. The Kier molecular flexibility index (Phi) is 5.09. The third kappa shape index (κ3) is 3.62. The number of hydrogen-bond donors (Lipinski definition) is 1. The minimum atomic E-state index is -0.0221. The van der Waals surface area contributed by atoms with Crippen molar-refractivity contribution in [1.82, 2.24) is 15.1 Å². The Balaban J connectivity index is 1.44. The van der Waals surface area contributed by atoms with Crippen LogP contribution in [0.1, 0.15) is 21.6 Å². The van der Waals surface area contributed by atoms with Crippen LogP contribution in [0.4, 0.5) is 5.69 Å². The minimum Gasteiger partial charge on any atom is -0.368 e. The van der Waals surface area contributed by atoms with Crippen LogP contribution in [0, 0.1) is 13.8 Å². The molecule has 1 aliphatic rings. The first kappa shape index (κ1) is 18.6. The molecular formula is C22H23ClN4O. The molecule has 3 aromatic rings. The van der Waals surface area contributed by atoms with Crippen molar-refractivity contribution < 1.29 is 4.79 Å². The van der Waals surface area contributed by atoms with E-state index in [2.05, 4.69) is 47.1 Å². The molecule has 0 bridgehead atoms. The Morgan fingerprint density at radius 3 is 2.50 bits per heavy atom. The van der Waals surface area contributed by atoms with Gasteiger partial charge in [0.1, 0.15) is 5.69 Å². The summed E-state index contributed by atoms with van der Waals surface area (Å²) in [7, 11) is 0. The Hall–Kier alpha value is -2.79. The van der Waals surface area contributed by atoms with Gasteiger partial charge < -0.3 is 9.80 Å². The van der Waals surface area contributed by atoms with E-state index in [1.165, 1.54) is 16.8 Å². The van der Waals surface area contributed by atoms with Gasteiger partial charge >= 0.3 is 0 Å². The van der Waals surface area contributed by atoms with E-state index in [0.717, 1.165) is 18.7 Å². The van der Waals surface area contributed by atoms with E-state index in [4.69, 9.17) is 11.6 Å². The molecule has 1 saturated heterocycles. The van der Waals surface area contributed by atoms with E-state index in [0.29, 0.717) is 29.5 Å². The number of aromatic amines is 1. The molecule has 2 aromatic carbocycles. The second kappa shape index (κ2) is 7.68. The molecule has 6 heteroatoms. The van der Waals surface area contributed by atoms with Gasteiger partial charge in [0.15, 0.2) is 0 Å². The summed E-state index contributed by atoms with van der Waals surface area (Å²) in [5.74, 6) is -0.0221. The number of hydrogen-bond acceptors (Lipinski definition) is 3. The third-order valence-electron chi connectivity index (χ3n) is 5.22. The summed E-state index contributed by atoms with van der Waals surface area (Å²) in [5.41, 5.74) is 5.79. The van der Waals surface area contributed by atoms with E-state index in [1.807, 2.05) is 29.2 Å². The summed E-state index contributed by atoms with van der Waals surface area (Å²) in [6.07, 6.45) is 0. The maximum atomic E-state index is 12.9. The van der Waals surface area contributed by atoms with Gasteiger partial charge in [-0.05, 0) is 37.6 Å². The smallest absolute Gasteiger partial charge is 0.272 e. The van der Waals surface area contributed by atoms with Crippen molar-refractivity contribution in [2.75, 3.05) is 31.1 Å². The van der Waals surface area contributed by atoms with Crippen molar-refractivity contribution in [3.63, 3.8) is 0 Å². The highest BCUT2D eigenvalue weighted by Gasteiger charge is 2.24. The van der Waals surface area contributed by atoms with Gasteiger partial charge in [-0.1, -0.05) is 47.5 Å². The normalized spacial score (nSPS) is 14.4.